The SMILES string of the molecule is C[B]O/C(=C\C(=O)c1ccc(N2CCCCC2)cc1)c1ccc2cc(Br)ccc2c1. The van der Waals surface area contributed by atoms with E-state index in [0.29, 0.717) is 11.3 Å². The number of nitrogens with zero attached hydrogens (tertiary/aromatic N) is 1. The van der Waals surface area contributed by atoms with Crippen LogP contribution in [-0.4, -0.2) is 26.4 Å². The maximum atomic E-state index is 12.9. The van der Waals surface area contributed by atoms with Crippen LogP contribution in [0.25, 0.3) is 16.5 Å². The normalized spacial score (nSPS) is 14.6. The summed E-state index contributed by atoms with van der Waals surface area (Å²) in [5.74, 6) is 0.486. The second-order valence-corrected chi connectivity index (χ2v) is 8.44. The average molecular weight is 461 g/mol. The predicted octanol–water partition coefficient (Wildman–Crippen LogP) is 6.50. The van der Waals surface area contributed by atoms with Crippen LogP contribution in [0.1, 0.15) is 35.2 Å². The molecule has 1 aliphatic heterocycles. The summed E-state index contributed by atoms with van der Waals surface area (Å²) in [6.45, 7) is 4.00. The van der Waals surface area contributed by atoms with Crippen molar-refractivity contribution in [1.29, 1.82) is 0 Å². The lowest BCUT2D eigenvalue weighted by Gasteiger charge is -2.28. The number of carbonyl (C=O) groups excluding carboxylic acids is 1. The van der Waals surface area contributed by atoms with Gasteiger partial charge in [0.25, 0.3) is 0 Å². The van der Waals surface area contributed by atoms with Gasteiger partial charge in [0.2, 0.25) is 0 Å². The van der Waals surface area contributed by atoms with Crippen molar-refractivity contribution in [2.75, 3.05) is 18.0 Å². The van der Waals surface area contributed by atoms with Gasteiger partial charge in [-0.1, -0.05) is 41.0 Å². The van der Waals surface area contributed by atoms with Gasteiger partial charge in [-0.15, -0.1) is 0 Å². The molecular formula is C25H24BBrNO2. The van der Waals surface area contributed by atoms with Crippen LogP contribution in [0.5, 0.6) is 0 Å². The molecule has 0 unspecified atom stereocenters. The first-order chi connectivity index (χ1) is 14.6. The first-order valence-corrected chi connectivity index (χ1v) is 11.2. The monoisotopic (exact) mass is 460 g/mol. The Kier molecular flexibility index (Phi) is 6.58. The fourth-order valence-corrected chi connectivity index (χ4v) is 4.25. The molecule has 5 heteroatoms. The minimum absolute atomic E-state index is 0.0621. The van der Waals surface area contributed by atoms with E-state index in [2.05, 4.69) is 33.0 Å². The van der Waals surface area contributed by atoms with E-state index in [4.69, 9.17) is 4.65 Å². The molecule has 0 bridgehead atoms. The molecule has 0 aromatic heterocycles. The Labute approximate surface area is 187 Å². The molecule has 1 aliphatic rings. The van der Waals surface area contributed by atoms with E-state index < -0.39 is 0 Å². The highest BCUT2D eigenvalue weighted by Gasteiger charge is 2.13. The second kappa shape index (κ2) is 9.52. The van der Waals surface area contributed by atoms with Gasteiger partial charge in [-0.3, -0.25) is 4.79 Å². The number of benzene rings is 3. The van der Waals surface area contributed by atoms with Crippen LogP contribution in [0.3, 0.4) is 0 Å². The molecule has 0 atom stereocenters. The van der Waals surface area contributed by atoms with Crippen molar-refractivity contribution in [3.63, 3.8) is 0 Å². The van der Waals surface area contributed by atoms with Gasteiger partial charge in [0.05, 0.1) is 0 Å². The molecule has 151 valence electrons. The summed E-state index contributed by atoms with van der Waals surface area (Å²) in [4.78, 5) is 15.3. The molecule has 1 heterocycles. The summed E-state index contributed by atoms with van der Waals surface area (Å²) < 4.78 is 6.75. The van der Waals surface area contributed by atoms with E-state index in [1.54, 1.807) is 13.6 Å². The van der Waals surface area contributed by atoms with Crippen LogP contribution < -0.4 is 4.90 Å². The van der Waals surface area contributed by atoms with E-state index in [1.165, 1.54) is 24.9 Å². The molecule has 3 aromatic carbocycles. The zero-order valence-electron chi connectivity index (χ0n) is 17.1. The zero-order chi connectivity index (χ0) is 20.9. The maximum absolute atomic E-state index is 12.9. The lowest BCUT2D eigenvalue weighted by molar-refractivity contribution is 0.104. The fourth-order valence-electron chi connectivity index (χ4n) is 3.87. The van der Waals surface area contributed by atoms with E-state index in [9.17, 15) is 4.79 Å². The summed E-state index contributed by atoms with van der Waals surface area (Å²) in [6.07, 6.45) is 5.36. The minimum Gasteiger partial charge on any atom is -0.563 e. The van der Waals surface area contributed by atoms with Crippen molar-refractivity contribution in [3.8, 4) is 0 Å². The molecular weight excluding hydrogens is 437 g/mol. The average Bonchev–Trinajstić information content (AvgIpc) is 2.79. The number of fused-ring (bicyclic) bond motifs is 1. The summed E-state index contributed by atoms with van der Waals surface area (Å²) in [7, 11) is 1.60. The third-order valence-corrected chi connectivity index (χ3v) is 5.96. The number of ketones is 1. The number of carbonyl (C=O) groups is 1. The van der Waals surface area contributed by atoms with Gasteiger partial charge in [-0.05, 0) is 72.5 Å². The highest BCUT2D eigenvalue weighted by Crippen LogP contribution is 2.26. The van der Waals surface area contributed by atoms with Crippen LogP contribution in [0.15, 0.2) is 71.2 Å². The summed E-state index contributed by atoms with van der Waals surface area (Å²) >= 11 is 3.50. The van der Waals surface area contributed by atoms with Crippen molar-refractivity contribution >= 4 is 51.4 Å². The smallest absolute Gasteiger partial charge is 0.366 e. The Balaban J connectivity index is 1.58. The van der Waals surface area contributed by atoms with Crippen molar-refractivity contribution in [2.45, 2.75) is 26.1 Å². The lowest BCUT2D eigenvalue weighted by atomic mass is 10.0. The molecule has 0 amide bonds. The van der Waals surface area contributed by atoms with Gasteiger partial charge in [0.15, 0.2) is 5.78 Å². The van der Waals surface area contributed by atoms with E-state index >= 15 is 0 Å². The Morgan fingerprint density at radius 1 is 0.933 bits per heavy atom. The van der Waals surface area contributed by atoms with Gasteiger partial charge >= 0.3 is 7.48 Å². The number of hydrogen-bond donors (Lipinski definition) is 0. The topological polar surface area (TPSA) is 29.5 Å². The van der Waals surface area contributed by atoms with Gasteiger partial charge in [-0.2, -0.15) is 0 Å². The summed E-state index contributed by atoms with van der Waals surface area (Å²) in [5, 5.41) is 2.23. The molecule has 0 N–H and O–H groups in total. The van der Waals surface area contributed by atoms with Gasteiger partial charge in [0.1, 0.15) is 5.76 Å². The number of halogens is 1. The second-order valence-electron chi connectivity index (χ2n) is 7.53. The number of allylic oxidation sites excluding steroid dienone is 1. The Morgan fingerprint density at radius 2 is 1.60 bits per heavy atom. The van der Waals surface area contributed by atoms with Crippen LogP contribution in [0.2, 0.25) is 6.82 Å². The number of rotatable bonds is 6. The highest BCUT2D eigenvalue weighted by atomic mass is 79.9. The fraction of sp³-hybridized carbons (Fsp3) is 0.240. The molecule has 0 aliphatic carbocycles. The van der Waals surface area contributed by atoms with Crippen LogP contribution in [0, 0.1) is 0 Å². The highest BCUT2D eigenvalue weighted by molar-refractivity contribution is 9.10. The Hall–Kier alpha value is -2.53. The zero-order valence-corrected chi connectivity index (χ0v) is 18.7. The predicted molar refractivity (Wildman–Crippen MR) is 129 cm³/mol. The van der Waals surface area contributed by atoms with E-state index in [1.807, 2.05) is 55.4 Å². The van der Waals surface area contributed by atoms with E-state index in [-0.39, 0.29) is 5.78 Å². The summed E-state index contributed by atoms with van der Waals surface area (Å²) in [5.41, 5.74) is 2.73. The minimum atomic E-state index is -0.0621. The first kappa shape index (κ1) is 20.7. The molecule has 4 rings (SSSR count). The summed E-state index contributed by atoms with van der Waals surface area (Å²) in [6, 6.07) is 20.1. The van der Waals surface area contributed by atoms with Gasteiger partial charge < -0.3 is 9.55 Å². The van der Waals surface area contributed by atoms with Crippen molar-refractivity contribution in [3.05, 3.63) is 82.3 Å². The van der Waals surface area contributed by atoms with Crippen molar-refractivity contribution in [2.24, 2.45) is 0 Å². The molecule has 1 saturated heterocycles. The molecule has 1 fully saturated rings. The Morgan fingerprint density at radius 3 is 2.33 bits per heavy atom. The van der Waals surface area contributed by atoms with Gasteiger partial charge in [-0.25, -0.2) is 0 Å². The first-order valence-electron chi connectivity index (χ1n) is 10.4. The van der Waals surface area contributed by atoms with Crippen molar-refractivity contribution in [1.82, 2.24) is 0 Å². The molecule has 30 heavy (non-hydrogen) atoms. The third kappa shape index (κ3) is 4.78. The van der Waals surface area contributed by atoms with Gasteiger partial charge in [0, 0.05) is 40.5 Å². The number of anilines is 1. The lowest BCUT2D eigenvalue weighted by Crippen LogP contribution is -2.29. The van der Waals surface area contributed by atoms with Crippen molar-refractivity contribution < 1.29 is 9.45 Å². The molecule has 0 saturated carbocycles. The standard InChI is InChI=1S/C25H24BBrNO2/c1-26-30-25(21-6-5-20-16-22(27)10-7-19(20)15-21)17-24(29)18-8-11-23(12-9-18)28-13-3-2-4-14-28/h5-12,15-17H,2-4,13-14H2,1H3/b25-17-. The van der Waals surface area contributed by atoms with Crippen LogP contribution >= 0.6 is 15.9 Å². The molecule has 3 aromatic rings. The maximum Gasteiger partial charge on any atom is 0.366 e. The third-order valence-electron chi connectivity index (χ3n) is 5.47. The quantitative estimate of drug-likeness (QED) is 0.182. The Bertz CT molecular complexity index is 1070. The molecule has 1 radical (unpaired) electrons. The van der Waals surface area contributed by atoms with E-state index in [0.717, 1.165) is 33.9 Å². The van der Waals surface area contributed by atoms with Crippen LogP contribution in [0.4, 0.5) is 5.69 Å². The largest absolute Gasteiger partial charge is 0.563 e. The number of piperidine rings is 1. The number of hydrogen-bond acceptors (Lipinski definition) is 3. The van der Waals surface area contributed by atoms with Crippen LogP contribution in [-0.2, 0) is 4.65 Å². The molecule has 3 nitrogen and oxygen atoms in total. The molecule has 0 spiro atoms.